The van der Waals surface area contributed by atoms with Crippen LogP contribution in [0.5, 0.6) is 0 Å². The summed E-state index contributed by atoms with van der Waals surface area (Å²) in [6.45, 7) is 2.25. The van der Waals surface area contributed by atoms with Gasteiger partial charge in [-0.3, -0.25) is 9.59 Å². The maximum atomic E-state index is 11.9. The minimum absolute atomic E-state index is 0.00509. The number of rotatable bonds is 3. The minimum atomic E-state index is -0.336. The Kier molecular flexibility index (Phi) is 5.38. The van der Waals surface area contributed by atoms with Gasteiger partial charge in [0.05, 0.1) is 29.4 Å². The van der Waals surface area contributed by atoms with Gasteiger partial charge in [-0.2, -0.15) is 0 Å². The van der Waals surface area contributed by atoms with E-state index >= 15 is 0 Å². The average molecular weight is 325 g/mol. The molecule has 0 aromatic carbocycles. The van der Waals surface area contributed by atoms with E-state index < -0.39 is 0 Å². The van der Waals surface area contributed by atoms with Crippen molar-refractivity contribution < 1.29 is 14.3 Å². The van der Waals surface area contributed by atoms with Crippen molar-refractivity contribution in [2.24, 2.45) is 0 Å². The fraction of sp³-hybridized carbons (Fsp3) is 0.636. The Morgan fingerprint density at radius 3 is 2.63 bits per heavy atom. The van der Waals surface area contributed by atoms with Gasteiger partial charge in [-0.25, -0.2) is 0 Å². The summed E-state index contributed by atoms with van der Waals surface area (Å²) in [5.41, 5.74) is 0. The van der Waals surface area contributed by atoms with Crippen molar-refractivity contribution in [3.05, 3.63) is 9.40 Å². The van der Waals surface area contributed by atoms with Gasteiger partial charge in [0.1, 0.15) is 0 Å². The topological polar surface area (TPSA) is 58.6 Å². The number of hydrogen-bond acceptors (Lipinski definition) is 4. The van der Waals surface area contributed by atoms with Crippen molar-refractivity contribution in [3.63, 3.8) is 0 Å². The Bertz CT molecular complexity index is 397. The first-order valence-electron chi connectivity index (χ1n) is 5.92. The number of carbonyl (C=O) groups excluding carboxylic acids is 2. The number of allylic oxidation sites excluding steroid dienone is 1. The second-order valence-corrected chi connectivity index (χ2v) is 6.47. The first-order valence-corrected chi connectivity index (χ1v) is 7.55. The summed E-state index contributed by atoms with van der Waals surface area (Å²) in [7, 11) is 0. The average Bonchev–Trinajstić information content (AvgIpc) is 2.77. The van der Waals surface area contributed by atoms with Crippen molar-refractivity contribution in [2.45, 2.75) is 11.7 Å². The molecule has 2 amide bonds. The van der Waals surface area contributed by atoms with Crippen LogP contribution < -0.4 is 5.32 Å². The third-order valence-corrected chi connectivity index (χ3v) is 5.06. The van der Waals surface area contributed by atoms with E-state index in [0.717, 1.165) is 0 Å². The van der Waals surface area contributed by atoms with Crippen LogP contribution in [0.1, 0.15) is 6.42 Å². The van der Waals surface area contributed by atoms with Crippen LogP contribution in [0.2, 0.25) is 0 Å². The lowest BCUT2D eigenvalue weighted by Crippen LogP contribution is -2.46. The molecule has 0 aromatic heterocycles. The van der Waals surface area contributed by atoms with Crippen molar-refractivity contribution in [2.75, 3.05) is 32.8 Å². The van der Waals surface area contributed by atoms with E-state index in [4.69, 9.17) is 27.9 Å². The maximum Gasteiger partial charge on any atom is 0.242 e. The summed E-state index contributed by atoms with van der Waals surface area (Å²) >= 11 is 12.9. The smallest absolute Gasteiger partial charge is 0.242 e. The van der Waals surface area contributed by atoms with Crippen LogP contribution >= 0.6 is 35.0 Å². The van der Waals surface area contributed by atoms with Crippen LogP contribution in [-0.4, -0.2) is 54.8 Å². The molecule has 0 aromatic rings. The highest BCUT2D eigenvalue weighted by atomic mass is 35.5. The molecule has 2 heterocycles. The molecule has 8 heteroatoms. The zero-order chi connectivity index (χ0) is 13.8. The maximum absolute atomic E-state index is 11.9. The first kappa shape index (κ1) is 15.0. The quantitative estimate of drug-likeness (QED) is 0.845. The lowest BCUT2D eigenvalue weighted by atomic mass is 10.3. The lowest BCUT2D eigenvalue weighted by molar-refractivity contribution is -0.136. The third-order valence-electron chi connectivity index (χ3n) is 2.89. The number of morpholine rings is 1. The van der Waals surface area contributed by atoms with E-state index in [1.807, 2.05) is 0 Å². The monoisotopic (exact) mass is 324 g/mol. The SMILES string of the molecule is O=C(NCC(=O)N1CCOCC1)C1CC(Cl)=C(Cl)S1. The van der Waals surface area contributed by atoms with Crippen molar-refractivity contribution >= 4 is 46.8 Å². The van der Waals surface area contributed by atoms with Gasteiger partial charge in [-0.15, -0.1) is 0 Å². The Labute approximate surface area is 125 Å². The highest BCUT2D eigenvalue weighted by Gasteiger charge is 2.29. The van der Waals surface area contributed by atoms with Gasteiger partial charge in [-0.05, 0) is 0 Å². The number of thioether (sulfide) groups is 1. The molecule has 5 nitrogen and oxygen atoms in total. The first-order chi connectivity index (χ1) is 9.08. The van der Waals surface area contributed by atoms with Gasteiger partial charge in [-0.1, -0.05) is 35.0 Å². The van der Waals surface area contributed by atoms with E-state index in [9.17, 15) is 9.59 Å². The second kappa shape index (κ2) is 6.83. The van der Waals surface area contributed by atoms with E-state index in [-0.39, 0.29) is 23.6 Å². The van der Waals surface area contributed by atoms with Crippen LogP contribution in [0.4, 0.5) is 0 Å². The summed E-state index contributed by atoms with van der Waals surface area (Å²) in [6, 6.07) is 0. The van der Waals surface area contributed by atoms with E-state index in [1.165, 1.54) is 11.8 Å². The number of hydrogen-bond donors (Lipinski definition) is 1. The molecule has 1 saturated heterocycles. The Morgan fingerprint density at radius 2 is 2.05 bits per heavy atom. The molecule has 2 aliphatic rings. The molecule has 0 spiro atoms. The molecule has 0 bridgehead atoms. The van der Waals surface area contributed by atoms with E-state index in [1.54, 1.807) is 4.90 Å². The predicted octanol–water partition coefficient (Wildman–Crippen LogP) is 1.11. The van der Waals surface area contributed by atoms with Crippen molar-refractivity contribution in [3.8, 4) is 0 Å². The Hall–Kier alpha value is -0.430. The summed E-state index contributed by atoms with van der Waals surface area (Å²) in [5, 5.41) is 2.80. The van der Waals surface area contributed by atoms with Crippen molar-refractivity contribution in [1.82, 2.24) is 10.2 Å². The van der Waals surface area contributed by atoms with E-state index in [2.05, 4.69) is 5.32 Å². The summed E-state index contributed by atoms with van der Waals surface area (Å²) < 4.78 is 5.62. The van der Waals surface area contributed by atoms with Crippen LogP contribution in [0.3, 0.4) is 0 Å². The van der Waals surface area contributed by atoms with Gasteiger partial charge in [0.25, 0.3) is 0 Å². The van der Waals surface area contributed by atoms with Gasteiger partial charge >= 0.3 is 0 Å². The number of nitrogens with one attached hydrogen (secondary N) is 1. The second-order valence-electron chi connectivity index (χ2n) is 4.20. The molecule has 1 fully saturated rings. The molecular weight excluding hydrogens is 311 g/mol. The number of amides is 2. The molecule has 1 unspecified atom stereocenters. The molecule has 106 valence electrons. The molecule has 1 atom stereocenters. The Morgan fingerprint density at radius 1 is 1.37 bits per heavy atom. The fourth-order valence-corrected chi connectivity index (χ4v) is 3.50. The molecule has 2 rings (SSSR count). The number of nitrogens with zero attached hydrogens (tertiary/aromatic N) is 1. The molecule has 0 radical (unpaired) electrons. The zero-order valence-corrected chi connectivity index (χ0v) is 12.5. The molecule has 0 aliphatic carbocycles. The van der Waals surface area contributed by atoms with Gasteiger partial charge in [0.15, 0.2) is 0 Å². The standard InChI is InChI=1S/C11H14Cl2N2O3S/c12-7-5-8(19-10(7)13)11(17)14-6-9(16)15-1-3-18-4-2-15/h8H,1-6H2,(H,14,17). The van der Waals surface area contributed by atoms with Crippen molar-refractivity contribution in [1.29, 1.82) is 0 Å². The number of halogens is 2. The Balaban J connectivity index is 1.73. The number of ether oxygens (including phenoxy) is 1. The number of carbonyl (C=O) groups is 2. The van der Waals surface area contributed by atoms with Crippen LogP contribution in [0, 0.1) is 0 Å². The zero-order valence-electron chi connectivity index (χ0n) is 10.2. The minimum Gasteiger partial charge on any atom is -0.378 e. The largest absolute Gasteiger partial charge is 0.378 e. The molecular formula is C11H14Cl2N2O3S. The molecule has 0 saturated carbocycles. The fourth-order valence-electron chi connectivity index (χ4n) is 1.82. The third kappa shape index (κ3) is 4.02. The molecule has 1 N–H and O–H groups in total. The van der Waals surface area contributed by atoms with Crippen LogP contribution in [0.25, 0.3) is 0 Å². The highest BCUT2D eigenvalue weighted by Crippen LogP contribution is 2.41. The van der Waals surface area contributed by atoms with Crippen LogP contribution in [-0.2, 0) is 14.3 Å². The molecule has 2 aliphatic heterocycles. The summed E-state index contributed by atoms with van der Waals surface area (Å²) in [4.78, 5) is 25.4. The van der Waals surface area contributed by atoms with Gasteiger partial charge in [0.2, 0.25) is 11.8 Å². The normalized spacial score (nSPS) is 23.7. The van der Waals surface area contributed by atoms with Gasteiger partial charge < -0.3 is 15.0 Å². The van der Waals surface area contributed by atoms with E-state index in [0.29, 0.717) is 42.1 Å². The van der Waals surface area contributed by atoms with Crippen LogP contribution in [0.15, 0.2) is 9.40 Å². The predicted molar refractivity (Wildman–Crippen MR) is 75.1 cm³/mol. The summed E-state index contributed by atoms with van der Waals surface area (Å²) in [5.74, 6) is -0.301. The molecule has 19 heavy (non-hydrogen) atoms. The lowest BCUT2D eigenvalue weighted by Gasteiger charge is -2.27. The highest BCUT2D eigenvalue weighted by molar-refractivity contribution is 8.06. The summed E-state index contributed by atoms with van der Waals surface area (Å²) in [6.07, 6.45) is 0.419. The van der Waals surface area contributed by atoms with Gasteiger partial charge in [0, 0.05) is 24.5 Å².